The van der Waals surface area contributed by atoms with Crippen LogP contribution in [0.4, 0.5) is 0 Å². The van der Waals surface area contributed by atoms with E-state index in [1.807, 2.05) is 7.05 Å². The molecule has 0 saturated heterocycles. The Kier molecular flexibility index (Phi) is 5.49. The highest BCUT2D eigenvalue weighted by atomic mass is 16.3. The minimum atomic E-state index is 0.217. The van der Waals surface area contributed by atoms with Crippen molar-refractivity contribution in [3.05, 3.63) is 17.5 Å². The summed E-state index contributed by atoms with van der Waals surface area (Å²) in [5, 5.41) is 16.7. The number of nitrogens with zero attached hydrogens (tertiary/aromatic N) is 2. The zero-order valence-electron chi connectivity index (χ0n) is 10.5. The lowest BCUT2D eigenvalue weighted by Gasteiger charge is -2.16. The zero-order valence-corrected chi connectivity index (χ0v) is 10.5. The van der Waals surface area contributed by atoms with Crippen molar-refractivity contribution in [1.82, 2.24) is 15.1 Å². The highest BCUT2D eigenvalue weighted by molar-refractivity contribution is 5.10. The summed E-state index contributed by atoms with van der Waals surface area (Å²) in [5.41, 5.74) is 2.42. The summed E-state index contributed by atoms with van der Waals surface area (Å²) in [5.74, 6) is 0. The van der Waals surface area contributed by atoms with Crippen molar-refractivity contribution >= 4 is 0 Å². The lowest BCUT2D eigenvalue weighted by molar-refractivity contribution is 0.257. The van der Waals surface area contributed by atoms with Crippen LogP contribution in [0.1, 0.15) is 31.7 Å². The van der Waals surface area contributed by atoms with Gasteiger partial charge in [0.15, 0.2) is 0 Å². The molecule has 1 aromatic rings. The average molecular weight is 225 g/mol. The largest absolute Gasteiger partial charge is 0.396 e. The summed E-state index contributed by atoms with van der Waals surface area (Å²) >= 11 is 0. The van der Waals surface area contributed by atoms with Crippen molar-refractivity contribution in [2.24, 2.45) is 0 Å². The molecular weight excluding hydrogens is 202 g/mol. The first kappa shape index (κ1) is 13.2. The van der Waals surface area contributed by atoms with Gasteiger partial charge in [0.2, 0.25) is 0 Å². The first-order valence-corrected chi connectivity index (χ1v) is 6.08. The minimum absolute atomic E-state index is 0.217. The predicted molar refractivity (Wildman–Crippen MR) is 65.5 cm³/mol. The first-order chi connectivity index (χ1) is 7.74. The number of likely N-dealkylation sites (N-methyl/N-ethyl adjacent to an activating group) is 1. The second kappa shape index (κ2) is 6.66. The van der Waals surface area contributed by atoms with Crippen LogP contribution in [-0.2, 0) is 19.4 Å². The van der Waals surface area contributed by atoms with Gasteiger partial charge in [-0.15, -0.1) is 0 Å². The fourth-order valence-electron chi connectivity index (χ4n) is 1.82. The van der Waals surface area contributed by atoms with Crippen molar-refractivity contribution in [1.29, 1.82) is 0 Å². The third kappa shape index (κ3) is 3.32. The number of aliphatic hydroxyl groups is 1. The van der Waals surface area contributed by atoms with Gasteiger partial charge in [0.25, 0.3) is 0 Å². The summed E-state index contributed by atoms with van der Waals surface area (Å²) in [6.07, 6.45) is 2.74. The Morgan fingerprint density at radius 2 is 2.19 bits per heavy atom. The highest BCUT2D eigenvalue weighted by Gasteiger charge is 2.10. The van der Waals surface area contributed by atoms with Crippen LogP contribution in [-0.4, -0.2) is 34.6 Å². The van der Waals surface area contributed by atoms with Crippen molar-refractivity contribution in [3.63, 3.8) is 0 Å². The summed E-state index contributed by atoms with van der Waals surface area (Å²) < 4.78 is 2.07. The summed E-state index contributed by atoms with van der Waals surface area (Å²) in [7, 11) is 1.93. The van der Waals surface area contributed by atoms with E-state index in [0.717, 1.165) is 31.5 Å². The molecule has 0 spiro atoms. The zero-order chi connectivity index (χ0) is 12.0. The van der Waals surface area contributed by atoms with E-state index in [4.69, 9.17) is 5.11 Å². The number of aromatic nitrogens is 2. The van der Waals surface area contributed by atoms with Gasteiger partial charge in [0, 0.05) is 18.3 Å². The van der Waals surface area contributed by atoms with Gasteiger partial charge in [-0.2, -0.15) is 5.10 Å². The van der Waals surface area contributed by atoms with Gasteiger partial charge in [-0.05, 0) is 32.4 Å². The molecule has 1 atom stereocenters. The van der Waals surface area contributed by atoms with Gasteiger partial charge >= 0.3 is 0 Å². The Balaban J connectivity index is 2.73. The molecule has 1 unspecified atom stereocenters. The SMILES string of the molecule is CCc1cc(CC)n(CC(CCO)NC)n1. The molecule has 16 heavy (non-hydrogen) atoms. The van der Waals surface area contributed by atoms with E-state index in [2.05, 4.69) is 35.0 Å². The quantitative estimate of drug-likeness (QED) is 0.727. The number of aliphatic hydroxyl groups excluding tert-OH is 1. The summed E-state index contributed by atoms with van der Waals surface area (Å²) in [6, 6.07) is 2.46. The molecule has 0 fully saturated rings. The molecule has 0 radical (unpaired) electrons. The van der Waals surface area contributed by atoms with Crippen LogP contribution in [0.25, 0.3) is 0 Å². The van der Waals surface area contributed by atoms with E-state index in [0.29, 0.717) is 6.04 Å². The molecule has 0 saturated carbocycles. The molecule has 0 amide bonds. The molecule has 0 bridgehead atoms. The van der Waals surface area contributed by atoms with Crippen LogP contribution >= 0.6 is 0 Å². The monoisotopic (exact) mass is 225 g/mol. The molecule has 1 rings (SSSR count). The smallest absolute Gasteiger partial charge is 0.0624 e. The van der Waals surface area contributed by atoms with Crippen molar-refractivity contribution in [2.45, 2.75) is 45.7 Å². The minimum Gasteiger partial charge on any atom is -0.396 e. The van der Waals surface area contributed by atoms with Crippen molar-refractivity contribution < 1.29 is 5.11 Å². The Morgan fingerprint density at radius 1 is 1.44 bits per heavy atom. The van der Waals surface area contributed by atoms with Gasteiger partial charge in [-0.25, -0.2) is 0 Å². The molecule has 0 aromatic carbocycles. The number of nitrogens with one attached hydrogen (secondary N) is 1. The standard InChI is InChI=1S/C12H23N3O/c1-4-10-8-12(5-2)15(14-10)9-11(13-3)6-7-16/h8,11,13,16H,4-7,9H2,1-3H3. The lowest BCUT2D eigenvalue weighted by Crippen LogP contribution is -2.32. The van der Waals surface area contributed by atoms with Crippen molar-refractivity contribution in [3.8, 4) is 0 Å². The van der Waals surface area contributed by atoms with E-state index >= 15 is 0 Å². The Hall–Kier alpha value is -0.870. The molecule has 92 valence electrons. The fourth-order valence-corrected chi connectivity index (χ4v) is 1.82. The predicted octanol–water partition coefficient (Wildman–Crippen LogP) is 0.978. The third-order valence-electron chi connectivity index (χ3n) is 2.92. The van der Waals surface area contributed by atoms with E-state index < -0.39 is 0 Å². The second-order valence-electron chi connectivity index (χ2n) is 4.01. The van der Waals surface area contributed by atoms with Crippen LogP contribution in [0.2, 0.25) is 0 Å². The number of rotatable bonds is 7. The number of hydrogen-bond acceptors (Lipinski definition) is 3. The molecule has 4 nitrogen and oxygen atoms in total. The maximum absolute atomic E-state index is 8.95. The maximum atomic E-state index is 8.95. The second-order valence-corrected chi connectivity index (χ2v) is 4.01. The van der Waals surface area contributed by atoms with Gasteiger partial charge in [-0.1, -0.05) is 13.8 Å². The Morgan fingerprint density at radius 3 is 2.69 bits per heavy atom. The van der Waals surface area contributed by atoms with E-state index in [1.54, 1.807) is 0 Å². The van der Waals surface area contributed by atoms with Crippen molar-refractivity contribution in [2.75, 3.05) is 13.7 Å². The van der Waals surface area contributed by atoms with Gasteiger partial charge in [0.1, 0.15) is 0 Å². The Labute approximate surface area is 97.7 Å². The number of aryl methyl sites for hydroxylation is 2. The highest BCUT2D eigenvalue weighted by Crippen LogP contribution is 2.08. The van der Waals surface area contributed by atoms with E-state index in [1.165, 1.54) is 5.69 Å². The van der Waals surface area contributed by atoms with Crippen LogP contribution in [0.15, 0.2) is 6.07 Å². The van der Waals surface area contributed by atoms with Crippen LogP contribution in [0.3, 0.4) is 0 Å². The van der Waals surface area contributed by atoms with Gasteiger partial charge in [-0.3, -0.25) is 4.68 Å². The molecule has 0 aliphatic carbocycles. The first-order valence-electron chi connectivity index (χ1n) is 6.08. The molecule has 1 heterocycles. The summed E-state index contributed by atoms with van der Waals surface area (Å²) in [6.45, 7) is 5.32. The summed E-state index contributed by atoms with van der Waals surface area (Å²) in [4.78, 5) is 0. The van der Waals surface area contributed by atoms with E-state index in [-0.39, 0.29) is 6.61 Å². The molecule has 2 N–H and O–H groups in total. The Bertz CT molecular complexity index is 309. The van der Waals surface area contributed by atoms with Gasteiger partial charge < -0.3 is 10.4 Å². The fraction of sp³-hybridized carbons (Fsp3) is 0.750. The molecule has 0 aliphatic heterocycles. The molecule has 4 heteroatoms. The van der Waals surface area contributed by atoms with Crippen LogP contribution in [0.5, 0.6) is 0 Å². The molecule has 1 aromatic heterocycles. The van der Waals surface area contributed by atoms with Crippen LogP contribution < -0.4 is 5.32 Å². The maximum Gasteiger partial charge on any atom is 0.0624 e. The molecule has 0 aliphatic rings. The van der Waals surface area contributed by atoms with Crippen LogP contribution in [0, 0.1) is 0 Å². The third-order valence-corrected chi connectivity index (χ3v) is 2.92. The topological polar surface area (TPSA) is 50.1 Å². The normalized spacial score (nSPS) is 13.0. The number of hydrogen-bond donors (Lipinski definition) is 2. The average Bonchev–Trinajstić information content (AvgIpc) is 2.70. The van der Waals surface area contributed by atoms with E-state index in [9.17, 15) is 0 Å². The van der Waals surface area contributed by atoms with Gasteiger partial charge in [0.05, 0.1) is 12.2 Å². The molecular formula is C12H23N3O. The lowest BCUT2D eigenvalue weighted by atomic mass is 10.2.